The second kappa shape index (κ2) is 6.80. The third-order valence-corrected chi connectivity index (χ3v) is 3.55. The van der Waals surface area contributed by atoms with E-state index in [0.717, 1.165) is 23.5 Å². The summed E-state index contributed by atoms with van der Waals surface area (Å²) < 4.78 is 0. The molecule has 1 aromatic rings. The van der Waals surface area contributed by atoms with Gasteiger partial charge in [0.2, 0.25) is 0 Å². The largest absolute Gasteiger partial charge is 0.328 e. The number of nitrogens with two attached hydrogens (primary N) is 1. The molecule has 86 valence electrons. The Kier molecular flexibility index (Phi) is 5.68. The van der Waals surface area contributed by atoms with Gasteiger partial charge in [-0.2, -0.15) is 17.0 Å². The van der Waals surface area contributed by atoms with E-state index in [2.05, 4.69) is 6.07 Å². The summed E-state index contributed by atoms with van der Waals surface area (Å²) in [6.45, 7) is 2.01. The fraction of sp³-hybridized carbons (Fsp3) is 0.417. The lowest BCUT2D eigenvalue weighted by atomic mass is 10.2. The van der Waals surface area contributed by atoms with E-state index in [-0.39, 0.29) is 6.04 Å². The van der Waals surface area contributed by atoms with Gasteiger partial charge >= 0.3 is 0 Å². The molecule has 2 N–H and O–H groups in total. The first-order valence-corrected chi connectivity index (χ1v) is 6.68. The Labute approximate surface area is 106 Å². The van der Waals surface area contributed by atoms with Crippen LogP contribution in [-0.4, -0.2) is 11.8 Å². The Morgan fingerprint density at radius 3 is 2.88 bits per heavy atom. The molecule has 2 nitrogen and oxygen atoms in total. The van der Waals surface area contributed by atoms with Crippen molar-refractivity contribution in [3.8, 4) is 6.07 Å². The van der Waals surface area contributed by atoms with Crippen LogP contribution in [0.3, 0.4) is 0 Å². The van der Waals surface area contributed by atoms with Crippen LogP contribution in [-0.2, 0) is 5.75 Å². The normalized spacial score (nSPS) is 12.1. The maximum atomic E-state index is 8.70. The number of hydrogen-bond donors (Lipinski definition) is 1. The summed E-state index contributed by atoms with van der Waals surface area (Å²) in [6.07, 6.45) is 1.01. The average Bonchev–Trinajstić information content (AvgIpc) is 2.25. The molecular formula is C12H15ClN2S. The van der Waals surface area contributed by atoms with Gasteiger partial charge in [0, 0.05) is 16.8 Å². The molecule has 0 fully saturated rings. The van der Waals surface area contributed by atoms with Gasteiger partial charge in [0.1, 0.15) is 0 Å². The van der Waals surface area contributed by atoms with Crippen molar-refractivity contribution in [3.63, 3.8) is 0 Å². The first-order chi connectivity index (χ1) is 7.63. The molecule has 0 aliphatic heterocycles. The van der Waals surface area contributed by atoms with Crippen molar-refractivity contribution in [2.75, 3.05) is 5.75 Å². The number of nitriles is 1. The zero-order chi connectivity index (χ0) is 12.0. The minimum Gasteiger partial charge on any atom is -0.328 e. The van der Waals surface area contributed by atoms with E-state index in [0.29, 0.717) is 10.6 Å². The smallest absolute Gasteiger partial charge is 0.0992 e. The van der Waals surface area contributed by atoms with Gasteiger partial charge in [-0.05, 0) is 36.8 Å². The highest BCUT2D eigenvalue weighted by atomic mass is 35.5. The standard InChI is InChI=1S/C12H15ClN2S/c1-9(15)4-5-16-8-11-3-2-10(7-14)6-12(11)13/h2-3,6,9H,4-5,8,15H2,1H3. The van der Waals surface area contributed by atoms with Gasteiger partial charge < -0.3 is 5.73 Å². The van der Waals surface area contributed by atoms with Crippen molar-refractivity contribution in [3.05, 3.63) is 34.3 Å². The summed E-state index contributed by atoms with van der Waals surface area (Å²) in [5.41, 5.74) is 7.35. The number of benzene rings is 1. The zero-order valence-electron chi connectivity index (χ0n) is 9.24. The van der Waals surface area contributed by atoms with E-state index in [9.17, 15) is 0 Å². The summed E-state index contributed by atoms with van der Waals surface area (Å²) in [7, 11) is 0. The molecule has 0 aliphatic carbocycles. The molecule has 0 aromatic heterocycles. The van der Waals surface area contributed by atoms with E-state index in [1.54, 1.807) is 12.1 Å². The summed E-state index contributed by atoms with van der Waals surface area (Å²) in [6, 6.07) is 7.75. The lowest BCUT2D eigenvalue weighted by molar-refractivity contribution is 0.721. The van der Waals surface area contributed by atoms with Gasteiger partial charge in [0.05, 0.1) is 11.6 Å². The van der Waals surface area contributed by atoms with Crippen molar-refractivity contribution in [1.82, 2.24) is 0 Å². The van der Waals surface area contributed by atoms with Crippen LogP contribution in [0.2, 0.25) is 5.02 Å². The van der Waals surface area contributed by atoms with Crippen molar-refractivity contribution in [1.29, 1.82) is 5.26 Å². The number of hydrogen-bond acceptors (Lipinski definition) is 3. The Balaban J connectivity index is 2.46. The minimum absolute atomic E-state index is 0.254. The second-order valence-corrected chi connectivity index (χ2v) is 5.25. The van der Waals surface area contributed by atoms with Crippen molar-refractivity contribution in [2.24, 2.45) is 5.73 Å². The van der Waals surface area contributed by atoms with Crippen LogP contribution in [0.1, 0.15) is 24.5 Å². The topological polar surface area (TPSA) is 49.8 Å². The van der Waals surface area contributed by atoms with E-state index < -0.39 is 0 Å². The van der Waals surface area contributed by atoms with E-state index in [1.807, 2.05) is 24.8 Å². The van der Waals surface area contributed by atoms with Gasteiger partial charge in [0.25, 0.3) is 0 Å². The van der Waals surface area contributed by atoms with Crippen LogP contribution in [0.25, 0.3) is 0 Å². The Morgan fingerprint density at radius 2 is 2.31 bits per heavy atom. The number of rotatable bonds is 5. The molecule has 1 rings (SSSR count). The molecular weight excluding hydrogens is 240 g/mol. The molecule has 0 amide bonds. The number of thioether (sulfide) groups is 1. The molecule has 16 heavy (non-hydrogen) atoms. The first kappa shape index (κ1) is 13.4. The van der Waals surface area contributed by atoms with E-state index >= 15 is 0 Å². The highest BCUT2D eigenvalue weighted by Crippen LogP contribution is 2.22. The molecule has 0 saturated carbocycles. The number of halogens is 1. The third kappa shape index (κ3) is 4.44. The van der Waals surface area contributed by atoms with E-state index in [4.69, 9.17) is 22.6 Å². The Hall–Kier alpha value is -0.690. The number of nitrogens with zero attached hydrogens (tertiary/aromatic N) is 1. The quantitative estimate of drug-likeness (QED) is 0.821. The predicted molar refractivity (Wildman–Crippen MR) is 70.6 cm³/mol. The SMILES string of the molecule is CC(N)CCSCc1ccc(C#N)cc1Cl. The van der Waals surface area contributed by atoms with Gasteiger partial charge in [-0.1, -0.05) is 17.7 Å². The summed E-state index contributed by atoms with van der Waals surface area (Å²) >= 11 is 7.88. The van der Waals surface area contributed by atoms with Crippen LogP contribution in [0.15, 0.2) is 18.2 Å². The van der Waals surface area contributed by atoms with Crippen LogP contribution in [0.5, 0.6) is 0 Å². The zero-order valence-corrected chi connectivity index (χ0v) is 10.8. The predicted octanol–water partition coefficient (Wildman–Crippen LogP) is 3.18. The molecule has 0 aliphatic rings. The molecule has 4 heteroatoms. The molecule has 0 saturated heterocycles. The highest BCUT2D eigenvalue weighted by molar-refractivity contribution is 7.98. The Morgan fingerprint density at radius 1 is 1.56 bits per heavy atom. The van der Waals surface area contributed by atoms with Crippen LogP contribution >= 0.6 is 23.4 Å². The van der Waals surface area contributed by atoms with Crippen molar-refractivity contribution in [2.45, 2.75) is 25.1 Å². The molecule has 1 aromatic carbocycles. The monoisotopic (exact) mass is 254 g/mol. The fourth-order valence-electron chi connectivity index (χ4n) is 1.19. The molecule has 1 atom stereocenters. The van der Waals surface area contributed by atoms with Crippen molar-refractivity contribution >= 4 is 23.4 Å². The van der Waals surface area contributed by atoms with Gasteiger partial charge in [0.15, 0.2) is 0 Å². The summed E-state index contributed by atoms with van der Waals surface area (Å²) in [5, 5.41) is 9.37. The molecule has 0 bridgehead atoms. The minimum atomic E-state index is 0.254. The van der Waals surface area contributed by atoms with Gasteiger partial charge in [-0.15, -0.1) is 0 Å². The van der Waals surface area contributed by atoms with Crippen LogP contribution < -0.4 is 5.73 Å². The summed E-state index contributed by atoms with van der Waals surface area (Å²) in [5.74, 6) is 1.91. The average molecular weight is 255 g/mol. The summed E-state index contributed by atoms with van der Waals surface area (Å²) in [4.78, 5) is 0. The highest BCUT2D eigenvalue weighted by Gasteiger charge is 2.02. The Bertz CT molecular complexity index is 385. The lowest BCUT2D eigenvalue weighted by Gasteiger charge is -2.06. The first-order valence-electron chi connectivity index (χ1n) is 5.15. The molecule has 0 radical (unpaired) electrons. The van der Waals surface area contributed by atoms with E-state index in [1.165, 1.54) is 0 Å². The van der Waals surface area contributed by atoms with Crippen LogP contribution in [0.4, 0.5) is 0 Å². The molecule has 0 heterocycles. The lowest BCUT2D eigenvalue weighted by Crippen LogP contribution is -2.15. The third-order valence-electron chi connectivity index (χ3n) is 2.16. The second-order valence-electron chi connectivity index (χ2n) is 3.74. The molecule has 0 spiro atoms. The van der Waals surface area contributed by atoms with Crippen molar-refractivity contribution < 1.29 is 0 Å². The van der Waals surface area contributed by atoms with Gasteiger partial charge in [-0.25, -0.2) is 0 Å². The van der Waals surface area contributed by atoms with Gasteiger partial charge in [-0.3, -0.25) is 0 Å². The van der Waals surface area contributed by atoms with Crippen LogP contribution in [0, 0.1) is 11.3 Å². The maximum absolute atomic E-state index is 8.70. The molecule has 1 unspecified atom stereocenters. The maximum Gasteiger partial charge on any atom is 0.0992 e. The fourth-order valence-corrected chi connectivity index (χ4v) is 2.67.